The van der Waals surface area contributed by atoms with Gasteiger partial charge in [0.1, 0.15) is 6.04 Å². The lowest BCUT2D eigenvalue weighted by atomic mass is 10.0. The Kier molecular flexibility index (Phi) is 6.56. The van der Waals surface area contributed by atoms with E-state index in [-0.39, 0.29) is 18.9 Å². The molecule has 0 saturated carbocycles. The lowest BCUT2D eigenvalue weighted by molar-refractivity contribution is -0.154. The van der Waals surface area contributed by atoms with Gasteiger partial charge in [-0.2, -0.15) is 0 Å². The van der Waals surface area contributed by atoms with Crippen molar-refractivity contribution in [2.45, 2.75) is 36.6 Å². The van der Waals surface area contributed by atoms with Crippen LogP contribution in [0.5, 0.6) is 0 Å². The third-order valence-electron chi connectivity index (χ3n) is 4.86. The predicted molar refractivity (Wildman–Crippen MR) is 104 cm³/mol. The maximum Gasteiger partial charge on any atom is 0.308 e. The summed E-state index contributed by atoms with van der Waals surface area (Å²) in [5.41, 5.74) is 6.14. The number of rotatable bonds is 6. The maximum absolute atomic E-state index is 12.3. The summed E-state index contributed by atoms with van der Waals surface area (Å²) in [5.74, 6) is -1.27. The summed E-state index contributed by atoms with van der Waals surface area (Å²) in [6.45, 7) is 0.195. The van der Waals surface area contributed by atoms with E-state index >= 15 is 0 Å². The molecule has 1 aromatic rings. The van der Waals surface area contributed by atoms with E-state index in [0.29, 0.717) is 18.7 Å². The fraction of sp³-hybridized carbons (Fsp3) is 0.474. The average molecular weight is 405 g/mol. The first-order valence-corrected chi connectivity index (χ1v) is 10.2. The molecule has 1 fully saturated rings. The van der Waals surface area contributed by atoms with Crippen LogP contribution in [0, 0.1) is 0 Å². The number of piperidine rings is 1. The van der Waals surface area contributed by atoms with Gasteiger partial charge in [0.15, 0.2) is 6.61 Å². The SMILES string of the molecule is NC(=O)[C@@H]1CCCCN1C(=O)COC(=O)CCN1C(=O)CSc2ccccc21. The van der Waals surface area contributed by atoms with Gasteiger partial charge < -0.3 is 20.3 Å². The van der Waals surface area contributed by atoms with Crippen LogP contribution in [0.4, 0.5) is 5.69 Å². The van der Waals surface area contributed by atoms with Gasteiger partial charge in [0.25, 0.3) is 5.91 Å². The van der Waals surface area contributed by atoms with Crippen LogP contribution >= 0.6 is 11.8 Å². The third-order valence-corrected chi connectivity index (χ3v) is 5.90. The molecule has 1 atom stereocenters. The highest BCUT2D eigenvalue weighted by Gasteiger charge is 2.31. The number of anilines is 1. The van der Waals surface area contributed by atoms with Crippen LogP contribution in [0.25, 0.3) is 0 Å². The molecule has 28 heavy (non-hydrogen) atoms. The van der Waals surface area contributed by atoms with Gasteiger partial charge in [0, 0.05) is 18.0 Å². The minimum absolute atomic E-state index is 0.0166. The molecule has 3 amide bonds. The molecule has 2 heterocycles. The molecule has 1 aromatic carbocycles. The molecule has 0 spiro atoms. The number of hydrogen-bond donors (Lipinski definition) is 1. The van der Waals surface area contributed by atoms with E-state index in [9.17, 15) is 19.2 Å². The highest BCUT2D eigenvalue weighted by molar-refractivity contribution is 8.00. The van der Waals surface area contributed by atoms with E-state index in [4.69, 9.17) is 10.5 Å². The standard InChI is InChI=1S/C19H23N3O5S/c20-19(26)14-6-3-4-9-21(14)16(23)11-27-18(25)8-10-22-13-5-1-2-7-15(13)28-12-17(22)24/h1-2,5,7,14H,3-4,6,8-12H2,(H2,20,26)/t14-/m0/s1. The number of primary amides is 1. The summed E-state index contributed by atoms with van der Waals surface area (Å²) in [7, 11) is 0. The molecule has 0 radical (unpaired) electrons. The number of benzene rings is 1. The molecule has 8 nitrogen and oxygen atoms in total. The predicted octanol–water partition coefficient (Wildman–Crippen LogP) is 0.925. The average Bonchev–Trinajstić information content (AvgIpc) is 2.71. The van der Waals surface area contributed by atoms with Crippen LogP contribution in [0.15, 0.2) is 29.2 Å². The van der Waals surface area contributed by atoms with Gasteiger partial charge in [0.2, 0.25) is 11.8 Å². The Morgan fingerprint density at radius 1 is 1.21 bits per heavy atom. The van der Waals surface area contributed by atoms with E-state index < -0.39 is 30.4 Å². The lowest BCUT2D eigenvalue weighted by Gasteiger charge is -2.33. The second kappa shape index (κ2) is 9.09. The number of fused-ring (bicyclic) bond motifs is 1. The van der Waals surface area contributed by atoms with Crippen molar-refractivity contribution in [2.24, 2.45) is 5.73 Å². The number of nitrogens with zero attached hydrogens (tertiary/aromatic N) is 2. The first kappa shape index (κ1) is 20.2. The highest BCUT2D eigenvalue weighted by atomic mass is 32.2. The number of hydrogen-bond acceptors (Lipinski definition) is 6. The number of esters is 1. The van der Waals surface area contributed by atoms with Crippen molar-refractivity contribution < 1.29 is 23.9 Å². The zero-order valence-electron chi connectivity index (χ0n) is 15.5. The molecular formula is C19H23N3O5S. The summed E-state index contributed by atoms with van der Waals surface area (Å²) >= 11 is 1.47. The summed E-state index contributed by atoms with van der Waals surface area (Å²) in [4.78, 5) is 52.0. The smallest absolute Gasteiger partial charge is 0.308 e. The molecule has 2 N–H and O–H groups in total. The van der Waals surface area contributed by atoms with Crippen molar-refractivity contribution in [3.8, 4) is 0 Å². The first-order valence-electron chi connectivity index (χ1n) is 9.24. The molecule has 9 heteroatoms. The number of amides is 3. The molecule has 0 bridgehead atoms. The molecule has 3 rings (SSSR count). The highest BCUT2D eigenvalue weighted by Crippen LogP contribution is 2.34. The van der Waals surface area contributed by atoms with Crippen LogP contribution in [0.1, 0.15) is 25.7 Å². The van der Waals surface area contributed by atoms with Gasteiger partial charge in [0.05, 0.1) is 17.9 Å². The van der Waals surface area contributed by atoms with Gasteiger partial charge in [-0.1, -0.05) is 12.1 Å². The molecule has 0 aliphatic carbocycles. The monoisotopic (exact) mass is 405 g/mol. The zero-order valence-corrected chi connectivity index (χ0v) is 16.3. The zero-order chi connectivity index (χ0) is 20.1. The van der Waals surface area contributed by atoms with Crippen LogP contribution in [0.2, 0.25) is 0 Å². The van der Waals surface area contributed by atoms with Crippen molar-refractivity contribution in [1.82, 2.24) is 4.90 Å². The third kappa shape index (κ3) is 4.64. The van der Waals surface area contributed by atoms with E-state index in [2.05, 4.69) is 0 Å². The number of thioether (sulfide) groups is 1. The first-order chi connectivity index (χ1) is 13.5. The summed E-state index contributed by atoms with van der Waals surface area (Å²) in [6.07, 6.45) is 2.14. The molecule has 0 aromatic heterocycles. The van der Waals surface area contributed by atoms with Crippen molar-refractivity contribution in [1.29, 1.82) is 0 Å². The van der Waals surface area contributed by atoms with Gasteiger partial charge in [-0.25, -0.2) is 0 Å². The van der Waals surface area contributed by atoms with Gasteiger partial charge in [-0.05, 0) is 31.4 Å². The van der Waals surface area contributed by atoms with Crippen molar-refractivity contribution in [3.63, 3.8) is 0 Å². The Hall–Kier alpha value is -2.55. The summed E-state index contributed by atoms with van der Waals surface area (Å²) in [6, 6.07) is 6.88. The Balaban J connectivity index is 1.50. The topological polar surface area (TPSA) is 110 Å². The normalized spacial score (nSPS) is 19.1. The molecule has 150 valence electrons. The molecular weight excluding hydrogens is 382 g/mol. The number of carbonyl (C=O) groups is 4. The fourth-order valence-electron chi connectivity index (χ4n) is 3.43. The minimum atomic E-state index is -0.639. The van der Waals surface area contributed by atoms with Crippen LogP contribution in [0.3, 0.4) is 0 Å². The Morgan fingerprint density at radius 3 is 2.79 bits per heavy atom. The van der Waals surface area contributed by atoms with Gasteiger partial charge in [-0.15, -0.1) is 11.8 Å². The molecule has 0 unspecified atom stereocenters. The molecule has 1 saturated heterocycles. The van der Waals surface area contributed by atoms with Crippen molar-refractivity contribution in [2.75, 3.05) is 30.3 Å². The van der Waals surface area contributed by atoms with Gasteiger partial charge >= 0.3 is 5.97 Å². The van der Waals surface area contributed by atoms with Crippen molar-refractivity contribution in [3.05, 3.63) is 24.3 Å². The maximum atomic E-state index is 12.3. The number of ether oxygens (including phenoxy) is 1. The Labute approximate surface area is 167 Å². The summed E-state index contributed by atoms with van der Waals surface area (Å²) < 4.78 is 5.07. The quantitative estimate of drug-likeness (QED) is 0.705. The Bertz CT molecular complexity index is 785. The van der Waals surface area contributed by atoms with Gasteiger partial charge in [-0.3, -0.25) is 19.2 Å². The largest absolute Gasteiger partial charge is 0.456 e. The molecule has 2 aliphatic rings. The van der Waals surface area contributed by atoms with E-state index in [1.165, 1.54) is 16.7 Å². The van der Waals surface area contributed by atoms with Crippen LogP contribution in [-0.4, -0.2) is 60.1 Å². The van der Waals surface area contributed by atoms with E-state index in [0.717, 1.165) is 23.4 Å². The lowest BCUT2D eigenvalue weighted by Crippen LogP contribution is -2.51. The fourth-order valence-corrected chi connectivity index (χ4v) is 4.36. The number of para-hydroxylation sites is 1. The van der Waals surface area contributed by atoms with E-state index in [1.807, 2.05) is 24.3 Å². The van der Waals surface area contributed by atoms with E-state index in [1.54, 1.807) is 4.90 Å². The Morgan fingerprint density at radius 2 is 2.00 bits per heavy atom. The van der Waals surface area contributed by atoms with Crippen molar-refractivity contribution >= 4 is 41.1 Å². The second-order valence-electron chi connectivity index (χ2n) is 6.71. The number of nitrogens with two attached hydrogens (primary N) is 1. The van der Waals surface area contributed by atoms with Crippen LogP contribution < -0.4 is 10.6 Å². The summed E-state index contributed by atoms with van der Waals surface area (Å²) in [5, 5.41) is 0. The second-order valence-corrected chi connectivity index (χ2v) is 7.73. The van der Waals surface area contributed by atoms with Crippen LogP contribution in [-0.2, 0) is 23.9 Å². The molecule has 2 aliphatic heterocycles. The number of carbonyl (C=O) groups excluding carboxylic acids is 4. The number of likely N-dealkylation sites (tertiary alicyclic amines) is 1. The minimum Gasteiger partial charge on any atom is -0.456 e.